The molecule has 0 saturated carbocycles. The van der Waals surface area contributed by atoms with Gasteiger partial charge in [-0.15, -0.1) is 13.2 Å². The zero-order valence-electron chi connectivity index (χ0n) is 34.3. The Morgan fingerprint density at radius 1 is 0.622 bits per heavy atom. The van der Waals surface area contributed by atoms with E-state index in [9.17, 15) is 0 Å². The lowest BCUT2D eigenvalue weighted by atomic mass is 9.82. The SMILES string of the molecule is C=C(C)C.C=C(C)CC.CC.CC.CCC.CCC(C)C(C)CC(C)c1ccccc1C.CCCCC(C)c1ccccc1C. The number of hydrogen-bond acceptors (Lipinski definition) is 0. The Labute approximate surface area is 287 Å². The first-order valence-corrected chi connectivity index (χ1v) is 18.6. The Hall–Kier alpha value is -2.08. The fraction of sp³-hybridized carbons (Fsp3) is 0.644. The summed E-state index contributed by atoms with van der Waals surface area (Å²) in [6.07, 6.45) is 8.93. The molecular formula is C45H84. The summed E-state index contributed by atoms with van der Waals surface area (Å²) in [7, 11) is 0. The van der Waals surface area contributed by atoms with E-state index in [1.165, 1.54) is 71.9 Å². The first-order valence-electron chi connectivity index (χ1n) is 18.6. The molecule has 0 aliphatic carbocycles. The molecule has 0 saturated heterocycles. The lowest BCUT2D eigenvalue weighted by molar-refractivity contribution is 0.336. The van der Waals surface area contributed by atoms with Gasteiger partial charge >= 0.3 is 0 Å². The van der Waals surface area contributed by atoms with Crippen molar-refractivity contribution in [3.8, 4) is 0 Å². The molecule has 0 fully saturated rings. The topological polar surface area (TPSA) is 0 Å². The Morgan fingerprint density at radius 3 is 1.24 bits per heavy atom. The van der Waals surface area contributed by atoms with Gasteiger partial charge in [0.15, 0.2) is 0 Å². The average Bonchev–Trinajstić information content (AvgIpc) is 3.02. The van der Waals surface area contributed by atoms with E-state index in [-0.39, 0.29) is 0 Å². The molecule has 0 aromatic heterocycles. The van der Waals surface area contributed by atoms with Crippen LogP contribution in [-0.4, -0.2) is 0 Å². The van der Waals surface area contributed by atoms with E-state index in [1.54, 1.807) is 0 Å². The smallest absolute Gasteiger partial charge is 0.0185 e. The lowest BCUT2D eigenvalue weighted by Crippen LogP contribution is -2.11. The Kier molecular flexibility index (Phi) is 44.4. The van der Waals surface area contributed by atoms with Crippen LogP contribution in [0.1, 0.15) is 190 Å². The summed E-state index contributed by atoms with van der Waals surface area (Å²) in [4.78, 5) is 0. The van der Waals surface area contributed by atoms with Crippen LogP contribution in [0, 0.1) is 25.7 Å². The molecule has 264 valence electrons. The molecule has 2 rings (SSSR count). The van der Waals surface area contributed by atoms with Crippen LogP contribution in [0.4, 0.5) is 0 Å². The van der Waals surface area contributed by atoms with Crippen LogP contribution in [0.2, 0.25) is 0 Å². The summed E-state index contributed by atoms with van der Waals surface area (Å²) >= 11 is 0. The maximum absolute atomic E-state index is 3.67. The minimum atomic E-state index is 0.685. The van der Waals surface area contributed by atoms with Crippen LogP contribution >= 0.6 is 0 Å². The number of hydrogen-bond donors (Lipinski definition) is 0. The maximum atomic E-state index is 3.67. The lowest BCUT2D eigenvalue weighted by Gasteiger charge is -2.23. The van der Waals surface area contributed by atoms with Crippen LogP contribution in [0.15, 0.2) is 72.8 Å². The molecule has 0 heterocycles. The van der Waals surface area contributed by atoms with Gasteiger partial charge in [0, 0.05) is 0 Å². The van der Waals surface area contributed by atoms with Gasteiger partial charge in [-0.1, -0.05) is 175 Å². The Morgan fingerprint density at radius 2 is 0.956 bits per heavy atom. The standard InChI is InChI=1S/C16H26.C13H20.C5H10.C4H8.C3H8.2C2H6/c1-6-12(2)14(4)11-15(5)16-10-8-7-9-13(16)3;1-4-5-8-11(2)13-10-7-6-9-12(13)3;1-4-5(2)3;1-4(2)3;1-3-2;2*1-2/h7-10,12,14-15H,6,11H2,1-5H3;6-7,9-11H,4-5,8H2,1-3H3;2,4H2,1,3H3;1H2,2-3H3;3H2,1-2H3;2*1-2H3. The summed E-state index contributed by atoms with van der Waals surface area (Å²) in [6, 6.07) is 17.5. The van der Waals surface area contributed by atoms with Crippen LogP contribution in [-0.2, 0) is 0 Å². The van der Waals surface area contributed by atoms with Gasteiger partial charge in [0.25, 0.3) is 0 Å². The first kappa shape index (κ1) is 52.5. The predicted octanol–water partition coefficient (Wildman–Crippen LogP) is 16.5. The van der Waals surface area contributed by atoms with Gasteiger partial charge in [-0.2, -0.15) is 0 Å². The zero-order chi connectivity index (χ0) is 36.4. The van der Waals surface area contributed by atoms with Crippen LogP contribution in [0.5, 0.6) is 0 Å². The zero-order valence-corrected chi connectivity index (χ0v) is 34.3. The van der Waals surface area contributed by atoms with Crippen molar-refractivity contribution in [2.24, 2.45) is 11.8 Å². The van der Waals surface area contributed by atoms with E-state index < -0.39 is 0 Å². The van der Waals surface area contributed by atoms with Crippen LogP contribution in [0.25, 0.3) is 0 Å². The summed E-state index contributed by atoms with van der Waals surface area (Å²) in [5.41, 5.74) is 8.34. The number of unbranched alkanes of at least 4 members (excludes halogenated alkanes) is 1. The van der Waals surface area contributed by atoms with Gasteiger partial charge in [0.2, 0.25) is 0 Å². The molecule has 0 N–H and O–H groups in total. The van der Waals surface area contributed by atoms with E-state index in [2.05, 4.69) is 138 Å². The highest BCUT2D eigenvalue weighted by Gasteiger charge is 2.16. The van der Waals surface area contributed by atoms with Crippen molar-refractivity contribution in [3.63, 3.8) is 0 Å². The quantitative estimate of drug-likeness (QED) is 0.231. The third kappa shape index (κ3) is 34.6. The summed E-state index contributed by atoms with van der Waals surface area (Å²) < 4.78 is 0. The molecule has 2 aromatic carbocycles. The van der Waals surface area contributed by atoms with Crippen molar-refractivity contribution < 1.29 is 0 Å². The maximum Gasteiger partial charge on any atom is -0.0185 e. The van der Waals surface area contributed by atoms with Crippen molar-refractivity contribution >= 4 is 0 Å². The highest BCUT2D eigenvalue weighted by molar-refractivity contribution is 5.29. The fourth-order valence-corrected chi connectivity index (χ4v) is 4.26. The largest absolute Gasteiger partial charge is 0.100 e. The molecular weight excluding hydrogens is 540 g/mol. The van der Waals surface area contributed by atoms with Gasteiger partial charge in [0.1, 0.15) is 0 Å². The highest BCUT2D eigenvalue weighted by Crippen LogP contribution is 2.30. The molecule has 0 bridgehead atoms. The minimum absolute atomic E-state index is 0.685. The third-order valence-corrected chi connectivity index (χ3v) is 7.37. The van der Waals surface area contributed by atoms with Gasteiger partial charge in [-0.25, -0.2) is 0 Å². The predicted molar refractivity (Wildman–Crippen MR) is 216 cm³/mol. The van der Waals surface area contributed by atoms with Gasteiger partial charge in [-0.05, 0) is 99.8 Å². The monoisotopic (exact) mass is 625 g/mol. The van der Waals surface area contributed by atoms with Crippen molar-refractivity contribution in [1.29, 1.82) is 0 Å². The second kappa shape index (κ2) is 38.1. The van der Waals surface area contributed by atoms with Gasteiger partial charge in [0.05, 0.1) is 0 Å². The summed E-state index contributed by atoms with van der Waals surface area (Å²) in [5, 5.41) is 0. The summed E-state index contributed by atoms with van der Waals surface area (Å²) in [5.74, 6) is 3.07. The first-order chi connectivity index (χ1) is 21.2. The van der Waals surface area contributed by atoms with E-state index in [4.69, 9.17) is 0 Å². The molecule has 2 aromatic rings. The molecule has 0 radical (unpaired) electrons. The summed E-state index contributed by atoms with van der Waals surface area (Å²) in [6.45, 7) is 46.0. The van der Waals surface area contributed by atoms with Crippen molar-refractivity contribution in [3.05, 3.63) is 95.1 Å². The van der Waals surface area contributed by atoms with E-state index in [0.717, 1.165) is 24.2 Å². The van der Waals surface area contributed by atoms with Crippen LogP contribution in [0.3, 0.4) is 0 Å². The number of rotatable bonds is 10. The second-order valence-electron chi connectivity index (χ2n) is 12.5. The number of benzene rings is 2. The highest BCUT2D eigenvalue weighted by atomic mass is 14.2. The van der Waals surface area contributed by atoms with Gasteiger partial charge < -0.3 is 0 Å². The Bertz CT molecular complexity index is 882. The van der Waals surface area contributed by atoms with Crippen molar-refractivity contribution in [2.45, 2.75) is 181 Å². The Balaban J connectivity index is -0.000000163. The van der Waals surface area contributed by atoms with E-state index >= 15 is 0 Å². The minimum Gasteiger partial charge on any atom is -0.100 e. The molecule has 0 aliphatic rings. The molecule has 0 amide bonds. The average molecular weight is 625 g/mol. The molecule has 45 heavy (non-hydrogen) atoms. The molecule has 4 atom stereocenters. The van der Waals surface area contributed by atoms with Crippen LogP contribution < -0.4 is 0 Å². The molecule has 4 unspecified atom stereocenters. The fourth-order valence-electron chi connectivity index (χ4n) is 4.26. The molecule has 0 nitrogen and oxygen atoms in total. The van der Waals surface area contributed by atoms with Crippen molar-refractivity contribution in [1.82, 2.24) is 0 Å². The third-order valence-electron chi connectivity index (χ3n) is 7.37. The van der Waals surface area contributed by atoms with Crippen molar-refractivity contribution in [2.75, 3.05) is 0 Å². The number of aryl methyl sites for hydroxylation is 2. The van der Waals surface area contributed by atoms with E-state index in [0.29, 0.717) is 5.92 Å². The molecule has 0 spiro atoms. The molecule has 0 aliphatic heterocycles. The second-order valence-corrected chi connectivity index (χ2v) is 12.5. The molecule has 0 heteroatoms. The normalized spacial score (nSPS) is 11.8. The van der Waals surface area contributed by atoms with E-state index in [1.807, 2.05) is 48.5 Å². The number of allylic oxidation sites excluding steroid dienone is 2. The van der Waals surface area contributed by atoms with Gasteiger partial charge in [-0.3, -0.25) is 0 Å².